The van der Waals surface area contributed by atoms with Crippen molar-refractivity contribution in [3.63, 3.8) is 0 Å². The van der Waals surface area contributed by atoms with Gasteiger partial charge in [0.25, 0.3) is 0 Å². The molecule has 0 saturated heterocycles. The number of fused-ring (bicyclic) bond motifs is 2. The van der Waals surface area contributed by atoms with Crippen molar-refractivity contribution in [2.75, 3.05) is 6.76 Å². The van der Waals surface area contributed by atoms with Crippen molar-refractivity contribution in [2.45, 2.75) is 70.9 Å². The van der Waals surface area contributed by atoms with Gasteiger partial charge < -0.3 is 12.4 Å². The van der Waals surface area contributed by atoms with E-state index in [4.69, 9.17) is 0 Å². The van der Waals surface area contributed by atoms with Crippen LogP contribution in [0.3, 0.4) is 0 Å². The van der Waals surface area contributed by atoms with E-state index in [0.29, 0.717) is 11.5 Å². The molecule has 4 aromatic rings. The Bertz CT molecular complexity index is 1710. The van der Waals surface area contributed by atoms with E-state index in [1.54, 1.807) is 0 Å². The zero-order valence-corrected chi connectivity index (χ0v) is 29.2. The number of para-hydroxylation sites is 2. The van der Waals surface area contributed by atoms with Gasteiger partial charge in [0.1, 0.15) is 0 Å². The topological polar surface area (TPSA) is 46.9 Å². The van der Waals surface area contributed by atoms with E-state index in [-0.39, 0.29) is 35.3 Å². The molecule has 230 valence electrons. The van der Waals surface area contributed by atoms with Gasteiger partial charge >= 0.3 is 270 Å². The van der Waals surface area contributed by atoms with E-state index in [1.165, 1.54) is 37.5 Å². The number of allylic oxidation sites excluding steroid dienone is 4. The van der Waals surface area contributed by atoms with Gasteiger partial charge in [0.05, 0.1) is 0 Å². The molecule has 3 aliphatic rings. The van der Waals surface area contributed by atoms with Crippen LogP contribution in [-0.2, 0) is 29.2 Å². The van der Waals surface area contributed by atoms with Crippen LogP contribution in [-0.4, -0.2) is 10.2 Å². The first-order valence-corrected chi connectivity index (χ1v) is 17.8. The van der Waals surface area contributed by atoms with E-state index >= 15 is 0 Å². The number of hydrogen-bond donors (Lipinski definition) is 2. The number of benzene rings is 4. The summed E-state index contributed by atoms with van der Waals surface area (Å²) in [6.07, 6.45) is 7.72. The minimum Gasteiger partial charge on any atom is -1.00 e. The van der Waals surface area contributed by atoms with Gasteiger partial charge in [-0.25, -0.2) is 0 Å². The number of hydrogen-bond acceptors (Lipinski definition) is 4. The molecule has 2 aliphatic heterocycles. The number of nitrogens with zero attached hydrogens (tertiary/aromatic N) is 2. The number of halogens is 1. The summed E-state index contributed by atoms with van der Waals surface area (Å²) in [5.41, 5.74) is 9.65. The first-order chi connectivity index (χ1) is 21.0. The summed E-state index contributed by atoms with van der Waals surface area (Å²) in [6, 6.07) is 29.1. The smallest absolute Gasteiger partial charge is 1.00 e. The van der Waals surface area contributed by atoms with Crippen LogP contribution in [0, 0.1) is 0 Å². The minimum atomic E-state index is -2.59. The van der Waals surface area contributed by atoms with E-state index < -0.39 is 18.4 Å². The van der Waals surface area contributed by atoms with Crippen LogP contribution in [0.5, 0.6) is 11.5 Å². The zero-order chi connectivity index (χ0) is 31.0. The van der Waals surface area contributed by atoms with E-state index in [9.17, 15) is 10.2 Å². The van der Waals surface area contributed by atoms with Gasteiger partial charge in [-0.15, -0.1) is 0 Å². The number of anilines is 2. The molecule has 45 heavy (non-hydrogen) atoms. The average molecular weight is 653 g/mol. The second kappa shape index (κ2) is 11.4. The Balaban J connectivity index is 0.00000357. The fourth-order valence-corrected chi connectivity index (χ4v) is 12.5. The van der Waals surface area contributed by atoms with Crippen molar-refractivity contribution in [3.8, 4) is 11.5 Å². The van der Waals surface area contributed by atoms with Gasteiger partial charge in [-0.1, -0.05) is 0 Å². The maximum atomic E-state index is 11.3. The van der Waals surface area contributed by atoms with Crippen LogP contribution in [0.4, 0.5) is 11.4 Å². The monoisotopic (exact) mass is 652 g/mol. The van der Waals surface area contributed by atoms with Gasteiger partial charge in [-0.2, -0.15) is 0 Å². The van der Waals surface area contributed by atoms with Crippen LogP contribution in [0.25, 0.3) is 0 Å². The molecule has 0 aromatic heterocycles. The van der Waals surface area contributed by atoms with Crippen LogP contribution in [0.2, 0.25) is 0 Å². The van der Waals surface area contributed by atoms with Gasteiger partial charge in [-0.3, -0.25) is 0 Å². The molecule has 1 aliphatic carbocycles. The molecule has 7 rings (SSSR count). The fourth-order valence-electron chi connectivity index (χ4n) is 7.35. The molecule has 4 nitrogen and oxygen atoms in total. The number of aromatic hydroxyl groups is 2. The van der Waals surface area contributed by atoms with Crippen molar-refractivity contribution >= 4 is 11.4 Å². The normalized spacial score (nSPS) is 18.3. The van der Waals surface area contributed by atoms with Crippen molar-refractivity contribution < 1.29 is 41.0 Å². The summed E-state index contributed by atoms with van der Waals surface area (Å²) < 4.78 is 6.82. The van der Waals surface area contributed by atoms with Crippen LogP contribution < -0.4 is 19.2 Å². The first kappa shape index (κ1) is 31.5. The predicted octanol–water partition coefficient (Wildman–Crippen LogP) is 6.51. The third-order valence-corrected chi connectivity index (χ3v) is 13.8. The van der Waals surface area contributed by atoms with Crippen LogP contribution in [0.1, 0.15) is 93.4 Å². The van der Waals surface area contributed by atoms with Gasteiger partial charge in [0.15, 0.2) is 0 Å². The van der Waals surface area contributed by atoms with Gasteiger partial charge in [0, 0.05) is 0 Å². The molecule has 2 heterocycles. The molecule has 0 radical (unpaired) electrons. The van der Waals surface area contributed by atoms with Crippen LogP contribution >= 0.6 is 0 Å². The molecule has 2 unspecified atom stereocenters. The maximum Gasteiger partial charge on any atom is -1.00 e. The third-order valence-electron chi connectivity index (χ3n) is 9.34. The molecule has 0 amide bonds. The van der Waals surface area contributed by atoms with Gasteiger partial charge in [0.2, 0.25) is 0 Å². The minimum absolute atomic E-state index is 0. The Morgan fingerprint density at radius 1 is 0.622 bits per heavy atom. The molecule has 2 N–H and O–H groups in total. The molecule has 0 fully saturated rings. The number of phenols is 2. The van der Waals surface area contributed by atoms with E-state index in [2.05, 4.69) is 115 Å². The Labute approximate surface area is 280 Å². The molecule has 4 aromatic carbocycles. The molecule has 0 spiro atoms. The zero-order valence-electron chi connectivity index (χ0n) is 26.8. The van der Waals surface area contributed by atoms with Gasteiger partial charge in [-0.05, 0) is 0 Å². The SMILES string of the molecule is CC(C)(C)c1cccc2c1C(c1ccccc1O)[N]2[Ti+]([C]1=CC=CC1)[N]1c2cccc(C(C)(C)C)c2C1c1ccccc1O.[Cl-]. The number of rotatable bonds is 5. The summed E-state index contributed by atoms with van der Waals surface area (Å²) in [7, 11) is 0. The third kappa shape index (κ3) is 5.03. The molecule has 0 bridgehead atoms. The Morgan fingerprint density at radius 2 is 1.07 bits per heavy atom. The second-order valence-electron chi connectivity index (χ2n) is 14.3. The fraction of sp³-hybridized carbons (Fsp3) is 0.282. The molecule has 0 saturated carbocycles. The Morgan fingerprint density at radius 3 is 1.44 bits per heavy atom. The predicted molar refractivity (Wildman–Crippen MR) is 177 cm³/mol. The Hall–Kier alpha value is -3.44. The summed E-state index contributed by atoms with van der Waals surface area (Å²) in [4.78, 5) is 0. The summed E-state index contributed by atoms with van der Waals surface area (Å²) in [5, 5.41) is 22.6. The molecule has 2 atom stereocenters. The van der Waals surface area contributed by atoms with E-state index in [1.807, 2.05) is 36.4 Å². The largest absolute Gasteiger partial charge is 1.00 e. The Kier molecular flexibility index (Phi) is 8.01. The summed E-state index contributed by atoms with van der Waals surface area (Å²) >= 11 is -2.59. The van der Waals surface area contributed by atoms with Crippen molar-refractivity contribution in [1.82, 2.24) is 0 Å². The van der Waals surface area contributed by atoms with E-state index in [0.717, 1.165) is 17.5 Å². The number of phenolic OH excluding ortho intramolecular Hbond substituents is 2. The van der Waals surface area contributed by atoms with Crippen LogP contribution in [0.15, 0.2) is 107 Å². The quantitative estimate of drug-likeness (QED) is 0.242. The molecule has 6 heteroatoms. The maximum absolute atomic E-state index is 11.3. The first-order valence-electron chi connectivity index (χ1n) is 15.6. The molecular formula is C39H41ClN2O2Ti. The van der Waals surface area contributed by atoms with Crippen molar-refractivity contribution in [1.29, 1.82) is 0 Å². The summed E-state index contributed by atoms with van der Waals surface area (Å²) in [5.74, 6) is 0.674. The second-order valence-corrected chi connectivity index (χ2v) is 17.8. The van der Waals surface area contributed by atoms with Crippen molar-refractivity contribution in [3.05, 3.63) is 140 Å². The molecular weight excluding hydrogens is 612 g/mol. The summed E-state index contributed by atoms with van der Waals surface area (Å²) in [6.45, 7) is 13.7. The van der Waals surface area contributed by atoms with Crippen molar-refractivity contribution in [2.24, 2.45) is 0 Å². The average Bonchev–Trinajstić information content (AvgIpc) is 3.49. The standard InChI is InChI=1S/2C17H18NO.C5H5.ClH.Ti/c2*1-17(2,3)12-8-6-9-13-15(12)16(18-13)11-7-4-5-10-14(11)19;1-2-4-5-3-1;;/h2*4-10,16,19H,1-3H3;1-3H,4H2;1H;/q2*-1;;;+3/p-1.